The Labute approximate surface area is 155 Å². The molecule has 3 amide bonds. The first-order valence-electron chi connectivity index (χ1n) is 7.48. The summed E-state index contributed by atoms with van der Waals surface area (Å²) in [5, 5.41) is 5.29. The van der Waals surface area contributed by atoms with Gasteiger partial charge < -0.3 is 16.4 Å². The Morgan fingerprint density at radius 2 is 1.65 bits per heavy atom. The monoisotopic (exact) mass is 396 g/mol. The van der Waals surface area contributed by atoms with E-state index in [-0.39, 0.29) is 17.9 Å². The molecular formula is C16H17ClN4O4S. The zero-order chi connectivity index (χ0) is 19.2. The van der Waals surface area contributed by atoms with E-state index in [0.29, 0.717) is 16.4 Å². The number of rotatable bonds is 7. The Morgan fingerprint density at radius 1 is 1.00 bits per heavy atom. The third-order valence-corrected chi connectivity index (χ3v) is 4.86. The number of carbonyl (C=O) groups excluding carboxylic acids is 2. The maximum Gasteiger partial charge on any atom is 0.316 e. The molecule has 0 saturated carbocycles. The fraction of sp³-hybridized carbons (Fsp3) is 0.125. The van der Waals surface area contributed by atoms with Crippen molar-refractivity contribution in [2.24, 2.45) is 5.73 Å². The first kappa shape index (κ1) is 19.7. The molecular weight excluding hydrogens is 380 g/mol. The quantitative estimate of drug-likeness (QED) is 0.571. The summed E-state index contributed by atoms with van der Waals surface area (Å²) in [5.74, 6) is -0.394. The molecule has 8 nitrogen and oxygen atoms in total. The average molecular weight is 397 g/mol. The number of halogens is 1. The number of amides is 3. The van der Waals surface area contributed by atoms with Gasteiger partial charge in [0.2, 0.25) is 15.9 Å². The lowest BCUT2D eigenvalue weighted by atomic mass is 10.2. The van der Waals surface area contributed by atoms with Crippen molar-refractivity contribution in [2.45, 2.75) is 11.3 Å². The van der Waals surface area contributed by atoms with Crippen LogP contribution >= 0.6 is 11.6 Å². The number of sulfonamides is 1. The van der Waals surface area contributed by atoms with E-state index in [1.807, 2.05) is 0 Å². The number of benzene rings is 2. The summed E-state index contributed by atoms with van der Waals surface area (Å²) in [6.45, 7) is -0.0834. The minimum Gasteiger partial charge on any atom is -0.351 e. The number of carbonyl (C=O) groups is 2. The molecule has 0 radical (unpaired) electrons. The standard InChI is InChI=1S/C16H17ClN4O4S/c17-11-3-1-6-14(9-11)26(24,25)19-8-7-15(22)20-12-4-2-5-13(10-12)21-16(18)23/h1-6,9-10,19H,7-8H2,(H,20,22)(H3,18,21,23). The molecule has 2 rings (SSSR count). The minimum atomic E-state index is -3.75. The van der Waals surface area contributed by atoms with Crippen LogP contribution < -0.4 is 21.1 Å². The van der Waals surface area contributed by atoms with Crippen LogP contribution in [0.15, 0.2) is 53.4 Å². The van der Waals surface area contributed by atoms with Crippen LogP contribution in [0.25, 0.3) is 0 Å². The van der Waals surface area contributed by atoms with Crippen LogP contribution in [0, 0.1) is 0 Å². The van der Waals surface area contributed by atoms with Crippen molar-refractivity contribution in [1.82, 2.24) is 4.72 Å². The summed E-state index contributed by atoms with van der Waals surface area (Å²) < 4.78 is 26.6. The molecule has 26 heavy (non-hydrogen) atoms. The highest BCUT2D eigenvalue weighted by Gasteiger charge is 2.14. The van der Waals surface area contributed by atoms with Gasteiger partial charge in [0.1, 0.15) is 0 Å². The number of hydrogen-bond acceptors (Lipinski definition) is 4. The van der Waals surface area contributed by atoms with Gasteiger partial charge in [0.15, 0.2) is 0 Å². The van der Waals surface area contributed by atoms with E-state index < -0.39 is 22.0 Å². The van der Waals surface area contributed by atoms with Gasteiger partial charge in [-0.3, -0.25) is 4.79 Å². The molecule has 2 aromatic carbocycles. The highest BCUT2D eigenvalue weighted by Crippen LogP contribution is 2.16. The summed E-state index contributed by atoms with van der Waals surface area (Å²) in [5.41, 5.74) is 5.90. The van der Waals surface area contributed by atoms with Crippen LogP contribution in [0.5, 0.6) is 0 Å². The van der Waals surface area contributed by atoms with Crippen molar-refractivity contribution in [1.29, 1.82) is 0 Å². The van der Waals surface area contributed by atoms with Gasteiger partial charge in [-0.15, -0.1) is 0 Å². The smallest absolute Gasteiger partial charge is 0.316 e. The van der Waals surface area contributed by atoms with E-state index in [1.165, 1.54) is 24.3 Å². The molecule has 2 aromatic rings. The van der Waals surface area contributed by atoms with Gasteiger partial charge in [0.05, 0.1) is 4.90 Å². The van der Waals surface area contributed by atoms with E-state index in [4.69, 9.17) is 17.3 Å². The second kappa shape index (κ2) is 8.65. The van der Waals surface area contributed by atoms with Crippen molar-refractivity contribution >= 4 is 44.9 Å². The summed E-state index contributed by atoms with van der Waals surface area (Å²) >= 11 is 5.78. The van der Waals surface area contributed by atoms with E-state index in [2.05, 4.69) is 15.4 Å². The Balaban J connectivity index is 1.88. The molecule has 0 aliphatic rings. The highest BCUT2D eigenvalue weighted by molar-refractivity contribution is 7.89. The Bertz CT molecular complexity index is 918. The van der Waals surface area contributed by atoms with Gasteiger partial charge in [-0.2, -0.15) is 0 Å². The molecule has 0 heterocycles. The van der Waals surface area contributed by atoms with Crippen molar-refractivity contribution in [3.63, 3.8) is 0 Å². The number of primary amides is 1. The van der Waals surface area contributed by atoms with Crippen LogP contribution in [0.4, 0.5) is 16.2 Å². The number of anilines is 2. The van der Waals surface area contributed by atoms with Crippen LogP contribution in [-0.2, 0) is 14.8 Å². The first-order chi connectivity index (χ1) is 12.3. The van der Waals surface area contributed by atoms with Crippen LogP contribution in [-0.4, -0.2) is 26.9 Å². The number of nitrogens with one attached hydrogen (secondary N) is 3. The second-order valence-corrected chi connectivity index (χ2v) is 7.43. The third kappa shape index (κ3) is 6.03. The molecule has 0 saturated heterocycles. The summed E-state index contributed by atoms with van der Waals surface area (Å²) in [6.07, 6.45) is -0.0761. The fourth-order valence-electron chi connectivity index (χ4n) is 2.06. The van der Waals surface area contributed by atoms with E-state index in [9.17, 15) is 18.0 Å². The summed E-state index contributed by atoms with van der Waals surface area (Å²) in [6, 6.07) is 11.5. The molecule has 0 atom stereocenters. The van der Waals surface area contributed by atoms with Gasteiger partial charge >= 0.3 is 6.03 Å². The zero-order valence-electron chi connectivity index (χ0n) is 13.5. The van der Waals surface area contributed by atoms with Crippen molar-refractivity contribution in [2.75, 3.05) is 17.2 Å². The van der Waals surface area contributed by atoms with E-state index >= 15 is 0 Å². The largest absolute Gasteiger partial charge is 0.351 e. The van der Waals surface area contributed by atoms with Gasteiger partial charge in [0, 0.05) is 29.4 Å². The zero-order valence-corrected chi connectivity index (χ0v) is 15.1. The molecule has 0 aromatic heterocycles. The number of nitrogens with two attached hydrogens (primary N) is 1. The minimum absolute atomic E-state index is 0.0237. The first-order valence-corrected chi connectivity index (χ1v) is 9.34. The Morgan fingerprint density at radius 3 is 2.31 bits per heavy atom. The lowest BCUT2D eigenvalue weighted by Gasteiger charge is -2.09. The topological polar surface area (TPSA) is 130 Å². The predicted octanol–water partition coefficient (Wildman–Crippen LogP) is 2.14. The summed E-state index contributed by atoms with van der Waals surface area (Å²) in [4.78, 5) is 22.8. The van der Waals surface area contributed by atoms with Gasteiger partial charge in [-0.1, -0.05) is 23.7 Å². The van der Waals surface area contributed by atoms with Crippen molar-refractivity contribution < 1.29 is 18.0 Å². The van der Waals surface area contributed by atoms with Crippen molar-refractivity contribution in [3.05, 3.63) is 53.6 Å². The normalized spacial score (nSPS) is 11.0. The Kier molecular flexibility index (Phi) is 6.56. The lowest BCUT2D eigenvalue weighted by molar-refractivity contribution is -0.116. The van der Waals surface area contributed by atoms with Crippen LogP contribution in [0.3, 0.4) is 0 Å². The molecule has 0 aliphatic heterocycles. The fourth-order valence-corrected chi connectivity index (χ4v) is 3.39. The van der Waals surface area contributed by atoms with Crippen LogP contribution in [0.2, 0.25) is 5.02 Å². The van der Waals surface area contributed by atoms with Gasteiger partial charge in [0.25, 0.3) is 0 Å². The SMILES string of the molecule is NC(=O)Nc1cccc(NC(=O)CCNS(=O)(=O)c2cccc(Cl)c2)c1. The maximum atomic E-state index is 12.1. The molecule has 10 heteroatoms. The molecule has 0 fully saturated rings. The maximum absolute atomic E-state index is 12.1. The molecule has 0 aliphatic carbocycles. The van der Waals surface area contributed by atoms with Crippen LogP contribution in [0.1, 0.15) is 6.42 Å². The van der Waals surface area contributed by atoms with Gasteiger partial charge in [-0.25, -0.2) is 17.9 Å². The van der Waals surface area contributed by atoms with E-state index in [0.717, 1.165) is 0 Å². The second-order valence-electron chi connectivity index (χ2n) is 5.22. The molecule has 5 N–H and O–H groups in total. The van der Waals surface area contributed by atoms with Gasteiger partial charge in [-0.05, 0) is 36.4 Å². The van der Waals surface area contributed by atoms with E-state index in [1.54, 1.807) is 24.3 Å². The predicted molar refractivity (Wildman–Crippen MR) is 99.5 cm³/mol. The molecule has 0 unspecified atom stereocenters. The highest BCUT2D eigenvalue weighted by atomic mass is 35.5. The third-order valence-electron chi connectivity index (χ3n) is 3.16. The number of hydrogen-bond donors (Lipinski definition) is 4. The average Bonchev–Trinajstić information content (AvgIpc) is 2.54. The summed E-state index contributed by atoms with van der Waals surface area (Å²) in [7, 11) is -3.75. The van der Waals surface area contributed by atoms with Crippen molar-refractivity contribution in [3.8, 4) is 0 Å². The molecule has 0 bridgehead atoms. The lowest BCUT2D eigenvalue weighted by Crippen LogP contribution is -2.27. The molecule has 138 valence electrons. The molecule has 0 spiro atoms. The number of urea groups is 1. The Hall–Kier alpha value is -2.62.